The predicted octanol–water partition coefficient (Wildman–Crippen LogP) is 1.35. The van der Waals surface area contributed by atoms with Crippen LogP contribution < -0.4 is 0 Å². The molecule has 84 valence electrons. The molecule has 1 aliphatic rings. The second-order valence-electron chi connectivity index (χ2n) is 3.56. The second-order valence-corrected chi connectivity index (χ2v) is 5.39. The minimum atomic E-state index is -0.202. The normalized spacial score (nSPS) is 19.8. The van der Waals surface area contributed by atoms with E-state index in [4.69, 9.17) is 0 Å². The van der Waals surface area contributed by atoms with Crippen LogP contribution >= 0.6 is 24.4 Å². The number of nitrogens with zero attached hydrogens (tertiary/aromatic N) is 1. The molecule has 0 aromatic carbocycles. The summed E-state index contributed by atoms with van der Waals surface area (Å²) in [6, 6.07) is -0.0488. The van der Waals surface area contributed by atoms with Gasteiger partial charge in [0, 0.05) is 34.9 Å². The van der Waals surface area contributed by atoms with Crippen molar-refractivity contribution in [3.63, 3.8) is 0 Å². The number of thiol groups is 1. The van der Waals surface area contributed by atoms with Gasteiger partial charge in [0.1, 0.15) is 0 Å². The van der Waals surface area contributed by atoms with E-state index in [-0.39, 0.29) is 17.9 Å². The summed E-state index contributed by atoms with van der Waals surface area (Å²) in [4.78, 5) is 24.0. The van der Waals surface area contributed by atoms with Gasteiger partial charge in [0.2, 0.25) is 0 Å². The van der Waals surface area contributed by atoms with Gasteiger partial charge in [0.05, 0.1) is 0 Å². The zero-order valence-electron chi connectivity index (χ0n) is 8.84. The molecule has 0 saturated heterocycles. The minimum Gasteiger partial charge on any atom is -0.272 e. The van der Waals surface area contributed by atoms with Gasteiger partial charge in [-0.2, -0.15) is 24.4 Å². The van der Waals surface area contributed by atoms with Gasteiger partial charge in [-0.3, -0.25) is 14.5 Å². The average molecular weight is 245 g/mol. The summed E-state index contributed by atoms with van der Waals surface area (Å²) in [6.07, 6.45) is 2.65. The van der Waals surface area contributed by atoms with Crippen molar-refractivity contribution in [2.75, 3.05) is 11.5 Å². The molecule has 2 unspecified atom stereocenters. The van der Waals surface area contributed by atoms with Crippen LogP contribution in [0.5, 0.6) is 0 Å². The number of thioether (sulfide) groups is 1. The maximum Gasteiger partial charge on any atom is 0.253 e. The third-order valence-electron chi connectivity index (χ3n) is 2.16. The Kier molecular flexibility index (Phi) is 4.73. The maximum absolute atomic E-state index is 11.3. The fourth-order valence-electron chi connectivity index (χ4n) is 1.28. The summed E-state index contributed by atoms with van der Waals surface area (Å²) in [5.74, 6) is 1.16. The van der Waals surface area contributed by atoms with Crippen LogP contribution in [0.1, 0.15) is 13.8 Å². The van der Waals surface area contributed by atoms with E-state index in [2.05, 4.69) is 19.6 Å². The van der Waals surface area contributed by atoms with Crippen LogP contribution in [0.2, 0.25) is 0 Å². The highest BCUT2D eigenvalue weighted by molar-refractivity contribution is 8.00. The molecule has 0 spiro atoms. The molecular weight excluding hydrogens is 230 g/mol. The largest absolute Gasteiger partial charge is 0.272 e. The third-order valence-corrected chi connectivity index (χ3v) is 4.37. The molecule has 15 heavy (non-hydrogen) atoms. The Hall–Kier alpha value is -0.420. The Balaban J connectivity index is 2.44. The van der Waals surface area contributed by atoms with Crippen molar-refractivity contribution in [2.45, 2.75) is 25.1 Å². The van der Waals surface area contributed by atoms with Crippen molar-refractivity contribution in [3.05, 3.63) is 12.2 Å². The fourth-order valence-corrected chi connectivity index (χ4v) is 2.45. The van der Waals surface area contributed by atoms with E-state index in [1.807, 2.05) is 6.92 Å². The van der Waals surface area contributed by atoms with Crippen molar-refractivity contribution in [1.82, 2.24) is 4.90 Å². The molecule has 0 fully saturated rings. The summed E-state index contributed by atoms with van der Waals surface area (Å²) in [5, 5.41) is 0.441. The standard InChI is InChI=1S/C10H15NO2S2/c1-7(6-15-8(2)5-14)11-9(12)3-4-10(11)13/h3-4,7-8,14H,5-6H2,1-2H3. The number of carbonyl (C=O) groups excluding carboxylic acids is 2. The van der Waals surface area contributed by atoms with E-state index >= 15 is 0 Å². The highest BCUT2D eigenvalue weighted by atomic mass is 32.2. The van der Waals surface area contributed by atoms with Gasteiger partial charge >= 0.3 is 0 Å². The molecule has 1 heterocycles. The molecule has 0 aliphatic carbocycles. The monoisotopic (exact) mass is 245 g/mol. The highest BCUT2D eigenvalue weighted by Gasteiger charge is 2.28. The Labute approximate surface area is 99.7 Å². The topological polar surface area (TPSA) is 37.4 Å². The molecule has 0 N–H and O–H groups in total. The predicted molar refractivity (Wildman–Crippen MR) is 66.2 cm³/mol. The van der Waals surface area contributed by atoms with E-state index < -0.39 is 0 Å². The summed E-state index contributed by atoms with van der Waals surface area (Å²) in [6.45, 7) is 3.97. The fraction of sp³-hybridized carbons (Fsp3) is 0.600. The lowest BCUT2D eigenvalue weighted by molar-refractivity contribution is -0.138. The van der Waals surface area contributed by atoms with Crippen LogP contribution in [0, 0.1) is 0 Å². The first-order valence-electron chi connectivity index (χ1n) is 4.84. The van der Waals surface area contributed by atoms with Gasteiger partial charge in [-0.1, -0.05) is 6.92 Å². The molecule has 0 saturated carbocycles. The molecule has 0 bridgehead atoms. The molecule has 0 radical (unpaired) electrons. The van der Waals surface area contributed by atoms with E-state index in [0.29, 0.717) is 5.25 Å². The number of hydrogen-bond donors (Lipinski definition) is 1. The van der Waals surface area contributed by atoms with Gasteiger partial charge in [-0.05, 0) is 6.92 Å². The number of hydrogen-bond acceptors (Lipinski definition) is 4. The van der Waals surface area contributed by atoms with Crippen LogP contribution in [0.25, 0.3) is 0 Å². The lowest BCUT2D eigenvalue weighted by Crippen LogP contribution is -2.39. The first kappa shape index (κ1) is 12.6. The summed E-state index contributed by atoms with van der Waals surface area (Å²) >= 11 is 5.91. The molecule has 1 rings (SSSR count). The molecule has 1 aliphatic heterocycles. The Morgan fingerprint density at radius 1 is 1.33 bits per heavy atom. The van der Waals surface area contributed by atoms with Gasteiger partial charge in [-0.25, -0.2) is 0 Å². The zero-order valence-corrected chi connectivity index (χ0v) is 10.6. The van der Waals surface area contributed by atoms with Gasteiger partial charge < -0.3 is 0 Å². The summed E-state index contributed by atoms with van der Waals surface area (Å²) < 4.78 is 0. The Morgan fingerprint density at radius 3 is 2.33 bits per heavy atom. The van der Waals surface area contributed by atoms with Crippen LogP contribution in [0.3, 0.4) is 0 Å². The lowest BCUT2D eigenvalue weighted by Gasteiger charge is -2.23. The van der Waals surface area contributed by atoms with Crippen molar-refractivity contribution in [2.24, 2.45) is 0 Å². The number of imide groups is 1. The second kappa shape index (κ2) is 5.61. The molecule has 2 atom stereocenters. The third kappa shape index (κ3) is 3.28. The van der Waals surface area contributed by atoms with Crippen molar-refractivity contribution < 1.29 is 9.59 Å². The SMILES string of the molecule is CC(CS)SCC(C)N1C(=O)C=CC1=O. The quantitative estimate of drug-likeness (QED) is 0.587. The summed E-state index contributed by atoms with van der Waals surface area (Å²) in [7, 11) is 0. The first-order valence-corrected chi connectivity index (χ1v) is 6.52. The van der Waals surface area contributed by atoms with Crippen molar-refractivity contribution in [3.8, 4) is 0 Å². The molecule has 0 aromatic rings. The lowest BCUT2D eigenvalue weighted by atomic mass is 10.3. The van der Waals surface area contributed by atoms with Crippen LogP contribution in [-0.4, -0.2) is 39.5 Å². The van der Waals surface area contributed by atoms with Gasteiger partial charge in [0.15, 0.2) is 0 Å². The molecule has 2 amide bonds. The zero-order chi connectivity index (χ0) is 11.4. The van der Waals surface area contributed by atoms with Crippen LogP contribution in [0.15, 0.2) is 12.2 Å². The number of carbonyl (C=O) groups is 2. The highest BCUT2D eigenvalue weighted by Crippen LogP contribution is 2.17. The Morgan fingerprint density at radius 2 is 1.87 bits per heavy atom. The van der Waals surface area contributed by atoms with Crippen molar-refractivity contribution in [1.29, 1.82) is 0 Å². The molecule has 0 aromatic heterocycles. The van der Waals surface area contributed by atoms with E-state index in [1.165, 1.54) is 17.1 Å². The van der Waals surface area contributed by atoms with Gasteiger partial charge in [0.25, 0.3) is 11.8 Å². The minimum absolute atomic E-state index is 0.0488. The molecule has 5 heteroatoms. The molecule has 3 nitrogen and oxygen atoms in total. The first-order chi connectivity index (χ1) is 7.06. The smallest absolute Gasteiger partial charge is 0.253 e. The van der Waals surface area contributed by atoms with Crippen LogP contribution in [-0.2, 0) is 9.59 Å². The number of rotatable bonds is 5. The average Bonchev–Trinajstić information content (AvgIpc) is 2.54. The Bertz CT molecular complexity index is 273. The number of amides is 2. The summed E-state index contributed by atoms with van der Waals surface area (Å²) in [5.41, 5.74) is 0. The van der Waals surface area contributed by atoms with Crippen molar-refractivity contribution >= 4 is 36.2 Å². The maximum atomic E-state index is 11.3. The van der Waals surface area contributed by atoms with E-state index in [9.17, 15) is 9.59 Å². The molecular formula is C10H15NO2S2. The van der Waals surface area contributed by atoms with E-state index in [1.54, 1.807) is 11.8 Å². The van der Waals surface area contributed by atoms with Crippen LogP contribution in [0.4, 0.5) is 0 Å². The van der Waals surface area contributed by atoms with Gasteiger partial charge in [-0.15, -0.1) is 0 Å². The van der Waals surface area contributed by atoms with E-state index in [0.717, 1.165) is 11.5 Å².